The van der Waals surface area contributed by atoms with E-state index < -0.39 is 22.4 Å². The summed E-state index contributed by atoms with van der Waals surface area (Å²) in [5.41, 5.74) is 5.18. The Balaban J connectivity index is 2.38. The van der Waals surface area contributed by atoms with Crippen molar-refractivity contribution in [1.29, 1.82) is 0 Å². The zero-order valence-electron chi connectivity index (χ0n) is 14.1. The predicted molar refractivity (Wildman–Crippen MR) is 93.7 cm³/mol. The van der Waals surface area contributed by atoms with Crippen molar-refractivity contribution in [3.05, 3.63) is 57.6 Å². The number of hydrogen-bond donors (Lipinski definition) is 2. The van der Waals surface area contributed by atoms with E-state index in [1.165, 1.54) is 37.4 Å². The Morgan fingerprint density at radius 2 is 1.85 bits per heavy atom. The average Bonchev–Trinajstić information content (AvgIpc) is 2.61. The van der Waals surface area contributed by atoms with Gasteiger partial charge >= 0.3 is 0 Å². The molecule has 2 rings (SSSR count). The molecule has 0 atom stereocenters. The molecule has 2 aromatic rings. The van der Waals surface area contributed by atoms with Crippen LogP contribution in [-0.2, 0) is 0 Å². The smallest absolute Gasteiger partial charge is 0.286 e. The van der Waals surface area contributed by atoms with Gasteiger partial charge in [-0.15, -0.1) is 0 Å². The van der Waals surface area contributed by atoms with E-state index in [0.717, 1.165) is 6.07 Å². The number of nitrogens with one attached hydrogen (secondary N) is 1. The van der Waals surface area contributed by atoms with Crippen LogP contribution in [0.5, 0.6) is 11.5 Å². The normalized spacial score (nSPS) is 10.1. The first-order chi connectivity index (χ1) is 12.4. The summed E-state index contributed by atoms with van der Waals surface area (Å²) in [7, 11) is 1.35. The molecule has 2 amide bonds. The molecule has 0 unspecified atom stereocenters. The molecule has 0 bridgehead atoms. The van der Waals surface area contributed by atoms with Crippen LogP contribution in [0.15, 0.2) is 36.4 Å². The van der Waals surface area contributed by atoms with Crippen LogP contribution >= 0.6 is 0 Å². The van der Waals surface area contributed by atoms with Crippen LogP contribution < -0.4 is 20.5 Å². The molecule has 0 heterocycles. The monoisotopic (exact) mass is 359 g/mol. The molecule has 0 aliphatic rings. The van der Waals surface area contributed by atoms with Gasteiger partial charge in [-0.2, -0.15) is 0 Å². The highest BCUT2D eigenvalue weighted by atomic mass is 16.6. The first-order valence-electron chi connectivity index (χ1n) is 7.57. The maximum absolute atomic E-state index is 12.5. The lowest BCUT2D eigenvalue weighted by Gasteiger charge is -2.12. The molecule has 0 aromatic heterocycles. The maximum Gasteiger partial charge on any atom is 0.286 e. The van der Waals surface area contributed by atoms with Crippen LogP contribution in [0.4, 0.5) is 11.4 Å². The second kappa shape index (κ2) is 7.97. The molecule has 2 aromatic carbocycles. The topological polar surface area (TPSA) is 134 Å². The molecule has 9 nitrogen and oxygen atoms in total. The lowest BCUT2D eigenvalue weighted by Crippen LogP contribution is -2.15. The molecule has 9 heteroatoms. The summed E-state index contributed by atoms with van der Waals surface area (Å²) >= 11 is 0. The first kappa shape index (κ1) is 18.7. The van der Waals surface area contributed by atoms with Crippen LogP contribution in [0.1, 0.15) is 27.6 Å². The Morgan fingerprint density at radius 3 is 2.35 bits per heavy atom. The molecular weight excluding hydrogens is 342 g/mol. The van der Waals surface area contributed by atoms with E-state index in [4.69, 9.17) is 15.2 Å². The SMILES string of the molecule is CCOc1cc(C(=O)Nc2ccc(C(N)=O)cc2)c([N+](=O)[O-])cc1OC. The average molecular weight is 359 g/mol. The summed E-state index contributed by atoms with van der Waals surface area (Å²) in [5, 5.41) is 13.8. The number of anilines is 1. The minimum absolute atomic E-state index is 0.154. The lowest BCUT2D eigenvalue weighted by atomic mass is 10.1. The number of ether oxygens (including phenoxy) is 2. The number of methoxy groups -OCH3 is 1. The van der Waals surface area contributed by atoms with Crippen molar-refractivity contribution >= 4 is 23.2 Å². The highest BCUT2D eigenvalue weighted by Gasteiger charge is 2.24. The Bertz CT molecular complexity index is 848. The van der Waals surface area contributed by atoms with Crippen molar-refractivity contribution in [1.82, 2.24) is 0 Å². The number of nitrogens with zero attached hydrogens (tertiary/aromatic N) is 1. The van der Waals surface area contributed by atoms with Gasteiger partial charge in [-0.1, -0.05) is 0 Å². The van der Waals surface area contributed by atoms with Crippen LogP contribution in [-0.4, -0.2) is 30.5 Å². The molecule has 0 fully saturated rings. The van der Waals surface area contributed by atoms with Crippen molar-refractivity contribution in [2.24, 2.45) is 5.73 Å². The van der Waals surface area contributed by atoms with Gasteiger partial charge in [0.1, 0.15) is 5.56 Å². The lowest BCUT2D eigenvalue weighted by molar-refractivity contribution is -0.385. The van der Waals surface area contributed by atoms with Crippen LogP contribution in [0.25, 0.3) is 0 Å². The minimum atomic E-state index is -0.702. The van der Waals surface area contributed by atoms with Crippen LogP contribution in [0.3, 0.4) is 0 Å². The van der Waals surface area contributed by atoms with Crippen molar-refractivity contribution in [2.75, 3.05) is 19.0 Å². The summed E-state index contributed by atoms with van der Waals surface area (Å²) in [6.07, 6.45) is 0. The van der Waals surface area contributed by atoms with Crippen LogP contribution in [0, 0.1) is 10.1 Å². The number of carbonyl (C=O) groups excluding carboxylic acids is 2. The van der Waals surface area contributed by atoms with Gasteiger partial charge in [0, 0.05) is 17.3 Å². The molecule has 0 aliphatic carbocycles. The Labute approximate surface area is 148 Å². The van der Waals surface area contributed by atoms with Gasteiger partial charge in [0.05, 0.1) is 24.7 Å². The Hall–Kier alpha value is -3.62. The summed E-state index contributed by atoms with van der Waals surface area (Å²) < 4.78 is 10.4. The van der Waals surface area contributed by atoms with Gasteiger partial charge in [-0.25, -0.2) is 0 Å². The fraction of sp³-hybridized carbons (Fsp3) is 0.176. The van der Waals surface area contributed by atoms with Gasteiger partial charge in [0.2, 0.25) is 5.91 Å². The first-order valence-corrected chi connectivity index (χ1v) is 7.57. The number of benzene rings is 2. The van der Waals surface area contributed by atoms with E-state index in [9.17, 15) is 19.7 Å². The third-order valence-electron chi connectivity index (χ3n) is 3.45. The summed E-state index contributed by atoms with van der Waals surface area (Å²) in [6.45, 7) is 2.03. The van der Waals surface area contributed by atoms with Gasteiger partial charge in [0.25, 0.3) is 11.6 Å². The van der Waals surface area contributed by atoms with E-state index in [1.54, 1.807) is 6.92 Å². The molecule has 0 spiro atoms. The summed E-state index contributed by atoms with van der Waals surface area (Å²) in [6, 6.07) is 8.20. The van der Waals surface area contributed by atoms with E-state index in [0.29, 0.717) is 12.3 Å². The molecule has 26 heavy (non-hydrogen) atoms. The van der Waals surface area contributed by atoms with Crippen molar-refractivity contribution < 1.29 is 24.0 Å². The number of rotatable bonds is 7. The summed E-state index contributed by atoms with van der Waals surface area (Å²) in [5.74, 6) is -0.933. The highest BCUT2D eigenvalue weighted by Crippen LogP contribution is 2.35. The Morgan fingerprint density at radius 1 is 1.19 bits per heavy atom. The van der Waals surface area contributed by atoms with Gasteiger partial charge in [-0.05, 0) is 31.2 Å². The number of amides is 2. The fourth-order valence-electron chi connectivity index (χ4n) is 2.23. The molecule has 0 aliphatic heterocycles. The van der Waals surface area contributed by atoms with Gasteiger partial charge in [-0.3, -0.25) is 19.7 Å². The highest BCUT2D eigenvalue weighted by molar-refractivity contribution is 6.07. The molecule has 3 N–H and O–H groups in total. The molecule has 0 saturated heterocycles. The number of primary amides is 1. The van der Waals surface area contributed by atoms with E-state index in [2.05, 4.69) is 5.32 Å². The molecule has 136 valence electrons. The zero-order chi connectivity index (χ0) is 19.3. The second-order valence-electron chi connectivity index (χ2n) is 5.11. The Kier molecular flexibility index (Phi) is 5.74. The molecule has 0 saturated carbocycles. The number of nitrogens with two attached hydrogens (primary N) is 1. The van der Waals surface area contributed by atoms with E-state index in [-0.39, 0.29) is 22.6 Å². The number of nitro groups is 1. The predicted octanol–water partition coefficient (Wildman–Crippen LogP) is 2.35. The third-order valence-corrected chi connectivity index (χ3v) is 3.45. The zero-order valence-corrected chi connectivity index (χ0v) is 14.1. The van der Waals surface area contributed by atoms with Gasteiger partial charge < -0.3 is 20.5 Å². The van der Waals surface area contributed by atoms with E-state index in [1.807, 2.05) is 0 Å². The standard InChI is InChI=1S/C17H17N3O6/c1-3-26-15-8-12(13(20(23)24)9-14(15)25-2)17(22)19-11-6-4-10(5-7-11)16(18)21/h4-9H,3H2,1-2H3,(H2,18,21)(H,19,22). The minimum Gasteiger partial charge on any atom is -0.493 e. The summed E-state index contributed by atoms with van der Waals surface area (Å²) in [4.78, 5) is 34.2. The largest absolute Gasteiger partial charge is 0.493 e. The van der Waals surface area contributed by atoms with Crippen molar-refractivity contribution in [3.63, 3.8) is 0 Å². The second-order valence-corrected chi connectivity index (χ2v) is 5.11. The molecule has 0 radical (unpaired) electrons. The molecular formula is C17H17N3O6. The number of carbonyl (C=O) groups is 2. The van der Waals surface area contributed by atoms with Gasteiger partial charge in [0.15, 0.2) is 11.5 Å². The maximum atomic E-state index is 12.5. The third kappa shape index (κ3) is 4.07. The quantitative estimate of drug-likeness (QED) is 0.576. The van der Waals surface area contributed by atoms with Crippen LogP contribution in [0.2, 0.25) is 0 Å². The van der Waals surface area contributed by atoms with Crippen molar-refractivity contribution in [3.8, 4) is 11.5 Å². The van der Waals surface area contributed by atoms with Crippen molar-refractivity contribution in [2.45, 2.75) is 6.92 Å². The fourth-order valence-corrected chi connectivity index (χ4v) is 2.23. The number of hydrogen-bond acceptors (Lipinski definition) is 6. The number of nitro benzene ring substituents is 1. The van der Waals surface area contributed by atoms with E-state index >= 15 is 0 Å².